The van der Waals surface area contributed by atoms with E-state index < -0.39 is 0 Å². The average Bonchev–Trinajstić information content (AvgIpc) is 3.20. The first kappa shape index (κ1) is 23.9. The molecule has 4 aromatic rings. The summed E-state index contributed by atoms with van der Waals surface area (Å²) < 4.78 is 16.9. The number of nitrogens with one attached hydrogen (secondary N) is 1. The summed E-state index contributed by atoms with van der Waals surface area (Å²) in [4.78, 5) is 19.8. The molecule has 0 aliphatic carbocycles. The zero-order valence-corrected chi connectivity index (χ0v) is 20.6. The van der Waals surface area contributed by atoms with Gasteiger partial charge in [-0.15, -0.1) is 11.3 Å². The molecule has 0 aliphatic heterocycles. The van der Waals surface area contributed by atoms with Crippen LogP contribution >= 0.6 is 11.3 Å². The molecule has 7 heteroatoms. The second kappa shape index (κ2) is 10.8. The molecule has 0 spiro atoms. The van der Waals surface area contributed by atoms with E-state index >= 15 is 0 Å². The first-order valence-electron chi connectivity index (χ1n) is 11.1. The summed E-state index contributed by atoms with van der Waals surface area (Å²) in [5, 5.41) is 4.05. The normalized spacial score (nSPS) is 12.0. The zero-order chi connectivity index (χ0) is 24.1. The number of aromatic nitrogens is 1. The number of benzene rings is 2. The lowest BCUT2D eigenvalue weighted by atomic mass is 10.0. The molecule has 1 atom stereocenters. The van der Waals surface area contributed by atoms with Gasteiger partial charge in [0, 0.05) is 30.4 Å². The van der Waals surface area contributed by atoms with E-state index in [1.165, 1.54) is 11.3 Å². The van der Waals surface area contributed by atoms with Crippen LogP contribution in [-0.4, -0.2) is 31.7 Å². The van der Waals surface area contributed by atoms with Gasteiger partial charge in [-0.2, -0.15) is 0 Å². The number of hydrogen-bond acceptors (Lipinski definition) is 6. The lowest BCUT2D eigenvalue weighted by Gasteiger charge is -2.19. The van der Waals surface area contributed by atoms with Crippen LogP contribution in [0.25, 0.3) is 10.2 Å². The van der Waals surface area contributed by atoms with Crippen molar-refractivity contribution in [3.63, 3.8) is 0 Å². The number of fused-ring (bicyclic) bond motifs is 1. The van der Waals surface area contributed by atoms with Gasteiger partial charge in [-0.3, -0.25) is 4.79 Å². The zero-order valence-electron chi connectivity index (χ0n) is 19.8. The standard InChI is InChI=1S/C27H28N2O4S/c1-5-33-24(18-9-7-6-8-10-18)25-23(29-26(30)19-11-13-21(32-4)14-12-19)22-20(16-31-3)15-17(2)28-27(22)34-25/h6-15,24H,5,16H2,1-4H3,(H,29,30). The SMILES string of the molecule is CCOC(c1ccccc1)c1sc2nc(C)cc(COC)c2c1NC(=O)c1ccc(OC)cc1. The van der Waals surface area contributed by atoms with Crippen molar-refractivity contribution in [3.05, 3.63) is 87.9 Å². The highest BCUT2D eigenvalue weighted by molar-refractivity contribution is 7.19. The van der Waals surface area contributed by atoms with Crippen molar-refractivity contribution in [2.75, 3.05) is 26.1 Å². The third kappa shape index (κ3) is 4.97. The van der Waals surface area contributed by atoms with E-state index in [1.807, 2.05) is 50.2 Å². The molecular weight excluding hydrogens is 448 g/mol. The largest absolute Gasteiger partial charge is 0.497 e. The highest BCUT2D eigenvalue weighted by Gasteiger charge is 2.26. The Morgan fingerprint density at radius 3 is 2.47 bits per heavy atom. The molecule has 1 unspecified atom stereocenters. The summed E-state index contributed by atoms with van der Waals surface area (Å²) in [6.45, 7) is 4.87. The van der Waals surface area contributed by atoms with Gasteiger partial charge in [0.05, 0.1) is 24.3 Å². The Labute approximate surface area is 203 Å². The molecule has 1 N–H and O–H groups in total. The monoisotopic (exact) mass is 476 g/mol. The Kier molecular flexibility index (Phi) is 7.57. The van der Waals surface area contributed by atoms with Gasteiger partial charge in [0.1, 0.15) is 16.7 Å². The molecule has 0 aliphatic rings. The van der Waals surface area contributed by atoms with E-state index in [2.05, 4.69) is 5.32 Å². The summed E-state index contributed by atoms with van der Waals surface area (Å²) in [6, 6.07) is 19.1. The smallest absolute Gasteiger partial charge is 0.255 e. The van der Waals surface area contributed by atoms with Gasteiger partial charge >= 0.3 is 0 Å². The highest BCUT2D eigenvalue weighted by atomic mass is 32.1. The number of carbonyl (C=O) groups is 1. The van der Waals surface area contributed by atoms with Crippen LogP contribution in [0.4, 0.5) is 5.69 Å². The van der Waals surface area contributed by atoms with Crippen molar-refractivity contribution in [2.45, 2.75) is 26.6 Å². The molecule has 2 heterocycles. The summed E-state index contributed by atoms with van der Waals surface area (Å²) in [5.41, 5.74) is 4.13. The van der Waals surface area contributed by atoms with E-state index in [1.54, 1.807) is 38.5 Å². The Bertz CT molecular complexity index is 1270. The van der Waals surface area contributed by atoms with Crippen LogP contribution in [0, 0.1) is 6.92 Å². The van der Waals surface area contributed by atoms with Gasteiger partial charge in [-0.1, -0.05) is 30.3 Å². The van der Waals surface area contributed by atoms with Gasteiger partial charge in [0.25, 0.3) is 5.91 Å². The number of rotatable bonds is 9. The fourth-order valence-electron chi connectivity index (χ4n) is 3.95. The van der Waals surface area contributed by atoms with Gasteiger partial charge in [0.2, 0.25) is 0 Å². The Hall–Kier alpha value is -3.26. The molecule has 0 saturated heterocycles. The molecule has 4 rings (SSSR count). The Balaban J connectivity index is 1.88. The van der Waals surface area contributed by atoms with Gasteiger partial charge in [-0.05, 0) is 55.3 Å². The van der Waals surface area contributed by atoms with E-state index in [4.69, 9.17) is 19.2 Å². The quantitative estimate of drug-likeness (QED) is 0.314. The van der Waals surface area contributed by atoms with Crippen molar-refractivity contribution < 1.29 is 19.0 Å². The summed E-state index contributed by atoms with van der Waals surface area (Å²) in [7, 11) is 3.26. The molecule has 2 aromatic heterocycles. The summed E-state index contributed by atoms with van der Waals surface area (Å²) >= 11 is 1.54. The van der Waals surface area contributed by atoms with E-state index in [0.717, 1.165) is 31.9 Å². The van der Waals surface area contributed by atoms with Crippen molar-refractivity contribution in [2.24, 2.45) is 0 Å². The fraction of sp³-hybridized carbons (Fsp3) is 0.259. The van der Waals surface area contributed by atoms with Gasteiger partial charge in [-0.25, -0.2) is 4.98 Å². The maximum atomic E-state index is 13.3. The molecule has 0 fully saturated rings. The number of methoxy groups -OCH3 is 2. The maximum Gasteiger partial charge on any atom is 0.255 e. The second-order valence-electron chi connectivity index (χ2n) is 7.81. The topological polar surface area (TPSA) is 69.7 Å². The molecule has 0 saturated carbocycles. The molecule has 1 amide bonds. The first-order chi connectivity index (χ1) is 16.5. The summed E-state index contributed by atoms with van der Waals surface area (Å²) in [6.07, 6.45) is -0.340. The lowest BCUT2D eigenvalue weighted by Crippen LogP contribution is -2.15. The van der Waals surface area contributed by atoms with Crippen molar-refractivity contribution >= 4 is 33.1 Å². The van der Waals surface area contributed by atoms with Gasteiger partial charge < -0.3 is 19.5 Å². The van der Waals surface area contributed by atoms with Crippen LogP contribution in [0.3, 0.4) is 0 Å². The van der Waals surface area contributed by atoms with Crippen LogP contribution < -0.4 is 10.1 Å². The van der Waals surface area contributed by atoms with Gasteiger partial charge in [0.15, 0.2) is 0 Å². The number of anilines is 1. The Morgan fingerprint density at radius 1 is 1.09 bits per heavy atom. The van der Waals surface area contributed by atoms with Crippen LogP contribution in [0.2, 0.25) is 0 Å². The minimum atomic E-state index is -0.340. The third-order valence-corrected chi connectivity index (χ3v) is 6.59. The molecule has 34 heavy (non-hydrogen) atoms. The number of hydrogen-bond donors (Lipinski definition) is 1. The number of pyridine rings is 1. The lowest BCUT2D eigenvalue weighted by molar-refractivity contribution is 0.0940. The van der Waals surface area contributed by atoms with Crippen molar-refractivity contribution in [1.29, 1.82) is 0 Å². The molecule has 6 nitrogen and oxygen atoms in total. The number of amides is 1. The van der Waals surface area contributed by atoms with Crippen molar-refractivity contribution in [1.82, 2.24) is 4.98 Å². The minimum Gasteiger partial charge on any atom is -0.497 e. The number of nitrogens with zero attached hydrogens (tertiary/aromatic N) is 1. The highest BCUT2D eigenvalue weighted by Crippen LogP contribution is 2.44. The predicted molar refractivity (Wildman–Crippen MR) is 136 cm³/mol. The predicted octanol–water partition coefficient (Wildman–Crippen LogP) is 6.14. The average molecular weight is 477 g/mol. The number of ether oxygens (including phenoxy) is 3. The second-order valence-corrected chi connectivity index (χ2v) is 8.84. The van der Waals surface area contributed by atoms with Crippen LogP contribution in [0.15, 0.2) is 60.7 Å². The van der Waals surface area contributed by atoms with E-state index in [9.17, 15) is 4.79 Å². The minimum absolute atomic E-state index is 0.212. The Morgan fingerprint density at radius 2 is 1.82 bits per heavy atom. The number of thiophene rings is 1. The molecule has 0 radical (unpaired) electrons. The van der Waals surface area contributed by atoms with Crippen molar-refractivity contribution in [3.8, 4) is 5.75 Å². The van der Waals surface area contributed by atoms with Crippen LogP contribution in [-0.2, 0) is 16.1 Å². The van der Waals surface area contributed by atoms with Crippen LogP contribution in [0.5, 0.6) is 5.75 Å². The third-order valence-electron chi connectivity index (χ3n) is 5.46. The summed E-state index contributed by atoms with van der Waals surface area (Å²) in [5.74, 6) is 0.483. The van der Waals surface area contributed by atoms with Crippen LogP contribution in [0.1, 0.15) is 45.1 Å². The first-order valence-corrected chi connectivity index (χ1v) is 11.9. The number of aryl methyl sites for hydroxylation is 1. The van der Waals surface area contributed by atoms with E-state index in [0.29, 0.717) is 30.2 Å². The maximum absolute atomic E-state index is 13.3. The molecular formula is C27H28N2O4S. The molecule has 0 bridgehead atoms. The van der Waals surface area contributed by atoms with E-state index in [-0.39, 0.29) is 12.0 Å². The molecule has 2 aromatic carbocycles. The number of carbonyl (C=O) groups excluding carboxylic acids is 1. The molecule has 176 valence electrons. The fourth-order valence-corrected chi connectivity index (χ4v) is 5.25.